The minimum Gasteiger partial charge on any atom is -0.408 e. The molecule has 5 heteroatoms. The third kappa shape index (κ3) is 6.90. The average molecular weight is 374 g/mol. The second-order valence-electron chi connectivity index (χ2n) is 9.19. The molecule has 0 unspecified atom stereocenters. The lowest BCUT2D eigenvalue weighted by Gasteiger charge is -2.42. The van der Waals surface area contributed by atoms with Crippen LogP contribution in [0.15, 0.2) is 24.3 Å². The maximum Gasteiger partial charge on any atom is 0.494 e. The van der Waals surface area contributed by atoms with E-state index in [0.717, 1.165) is 44.6 Å². The van der Waals surface area contributed by atoms with Crippen molar-refractivity contribution >= 4 is 12.6 Å². The Morgan fingerprint density at radius 1 is 0.926 bits per heavy atom. The zero-order chi connectivity index (χ0) is 20.1. The molecule has 0 amide bonds. The Labute approximate surface area is 167 Å². The smallest absolute Gasteiger partial charge is 0.408 e. The van der Waals surface area contributed by atoms with E-state index in [0.29, 0.717) is 6.61 Å². The molecule has 0 radical (unpaired) electrons. The molecule has 0 bridgehead atoms. The van der Waals surface area contributed by atoms with Crippen molar-refractivity contribution in [3.8, 4) is 0 Å². The van der Waals surface area contributed by atoms with Crippen molar-refractivity contribution in [1.82, 2.24) is 9.80 Å². The third-order valence-electron chi connectivity index (χ3n) is 5.57. The molecular weight excluding hydrogens is 335 g/mol. The van der Waals surface area contributed by atoms with Gasteiger partial charge in [0.1, 0.15) is 0 Å². The minimum atomic E-state index is -0.297. The fourth-order valence-electron chi connectivity index (χ4n) is 3.34. The van der Waals surface area contributed by atoms with Gasteiger partial charge in [-0.1, -0.05) is 31.2 Å². The first-order valence-electron chi connectivity index (χ1n) is 10.5. The highest BCUT2D eigenvalue weighted by Gasteiger charge is 2.29. The molecule has 0 aromatic heterocycles. The van der Waals surface area contributed by atoms with Gasteiger partial charge in [0, 0.05) is 50.5 Å². The number of hydrogen-bond acceptors (Lipinski definition) is 4. The molecule has 152 valence electrons. The van der Waals surface area contributed by atoms with Crippen LogP contribution in [0.4, 0.5) is 0 Å². The van der Waals surface area contributed by atoms with Gasteiger partial charge in [-0.05, 0) is 59.0 Å². The van der Waals surface area contributed by atoms with Gasteiger partial charge in [0.2, 0.25) is 0 Å². The van der Waals surface area contributed by atoms with Gasteiger partial charge >= 0.3 is 7.12 Å². The fraction of sp³-hybridized carbons (Fsp3) is 0.727. The van der Waals surface area contributed by atoms with Crippen LogP contribution in [0.3, 0.4) is 0 Å². The molecule has 2 rings (SSSR count). The van der Waals surface area contributed by atoms with Gasteiger partial charge in [0.25, 0.3) is 0 Å². The number of benzene rings is 1. The van der Waals surface area contributed by atoms with Crippen LogP contribution in [0.1, 0.15) is 60.5 Å². The molecule has 0 atom stereocenters. The van der Waals surface area contributed by atoms with E-state index in [1.165, 1.54) is 5.56 Å². The first-order valence-corrected chi connectivity index (χ1v) is 10.5. The van der Waals surface area contributed by atoms with Crippen LogP contribution in [0, 0.1) is 0 Å². The Kier molecular flexibility index (Phi) is 7.93. The molecule has 1 heterocycles. The van der Waals surface area contributed by atoms with Crippen LogP contribution in [0.5, 0.6) is 0 Å². The first kappa shape index (κ1) is 22.4. The molecule has 0 aliphatic carbocycles. The maximum atomic E-state index is 6.21. The third-order valence-corrected chi connectivity index (χ3v) is 5.57. The standard InChI is InChI=1S/C22H39BN2O2/c1-8-22(6,7)27-23(26-9-2)20-12-10-19(11-13-20)18-24-14-16-25(17-15-24)21(3,4)5/h10-13H,8-9,14-18H2,1-7H3. The van der Waals surface area contributed by atoms with E-state index in [1.807, 2.05) is 6.92 Å². The summed E-state index contributed by atoms with van der Waals surface area (Å²) in [5.41, 5.74) is 2.53. The van der Waals surface area contributed by atoms with Gasteiger partial charge < -0.3 is 9.31 Å². The largest absolute Gasteiger partial charge is 0.494 e. The van der Waals surface area contributed by atoms with E-state index in [-0.39, 0.29) is 18.3 Å². The Hall–Kier alpha value is -0.875. The van der Waals surface area contributed by atoms with Crippen molar-refractivity contribution in [3.63, 3.8) is 0 Å². The van der Waals surface area contributed by atoms with Gasteiger partial charge in [-0.3, -0.25) is 9.80 Å². The minimum absolute atomic E-state index is 0.189. The summed E-state index contributed by atoms with van der Waals surface area (Å²) in [7, 11) is -0.297. The fourth-order valence-corrected chi connectivity index (χ4v) is 3.34. The number of hydrogen-bond donors (Lipinski definition) is 0. The summed E-state index contributed by atoms with van der Waals surface area (Å²) in [6, 6.07) is 8.76. The van der Waals surface area contributed by atoms with Crippen molar-refractivity contribution in [3.05, 3.63) is 29.8 Å². The highest BCUT2D eigenvalue weighted by atomic mass is 16.6. The van der Waals surface area contributed by atoms with Crippen molar-refractivity contribution in [2.75, 3.05) is 32.8 Å². The monoisotopic (exact) mass is 374 g/mol. The Bertz CT molecular complexity index is 561. The molecule has 0 spiro atoms. The molecule has 0 saturated carbocycles. The Morgan fingerprint density at radius 3 is 2.00 bits per heavy atom. The number of piperazine rings is 1. The summed E-state index contributed by atoms with van der Waals surface area (Å²) in [5, 5.41) is 0. The molecular formula is C22H39BN2O2. The van der Waals surface area contributed by atoms with Gasteiger partial charge in [0.15, 0.2) is 0 Å². The van der Waals surface area contributed by atoms with Crippen molar-refractivity contribution in [1.29, 1.82) is 0 Å². The van der Waals surface area contributed by atoms with E-state index >= 15 is 0 Å². The molecule has 1 aliphatic rings. The lowest BCUT2D eigenvalue weighted by atomic mass is 9.77. The Morgan fingerprint density at radius 2 is 1.52 bits per heavy atom. The average Bonchev–Trinajstić information content (AvgIpc) is 2.62. The van der Waals surface area contributed by atoms with Crippen molar-refractivity contribution in [2.45, 2.75) is 72.6 Å². The highest BCUT2D eigenvalue weighted by molar-refractivity contribution is 6.61. The van der Waals surface area contributed by atoms with Crippen molar-refractivity contribution < 1.29 is 9.31 Å². The van der Waals surface area contributed by atoms with E-state index in [4.69, 9.17) is 9.31 Å². The summed E-state index contributed by atoms with van der Waals surface area (Å²) in [4.78, 5) is 5.13. The SMILES string of the molecule is CCOB(OC(C)(C)CC)c1ccc(CN2CCN(C(C)(C)C)CC2)cc1. The quantitative estimate of drug-likeness (QED) is 0.650. The van der Waals surface area contributed by atoms with Crippen LogP contribution in [0.25, 0.3) is 0 Å². The van der Waals surface area contributed by atoms with Crippen molar-refractivity contribution in [2.24, 2.45) is 0 Å². The second-order valence-corrected chi connectivity index (χ2v) is 9.19. The highest BCUT2D eigenvalue weighted by Crippen LogP contribution is 2.18. The predicted molar refractivity (Wildman–Crippen MR) is 116 cm³/mol. The summed E-state index contributed by atoms with van der Waals surface area (Å²) in [6.45, 7) is 21.5. The summed E-state index contributed by atoms with van der Waals surface area (Å²) in [6.07, 6.45) is 0.954. The normalized spacial score (nSPS) is 17.3. The van der Waals surface area contributed by atoms with Crippen LogP contribution in [0.2, 0.25) is 0 Å². The molecule has 27 heavy (non-hydrogen) atoms. The molecule has 4 nitrogen and oxygen atoms in total. The van der Waals surface area contributed by atoms with E-state index < -0.39 is 0 Å². The van der Waals surface area contributed by atoms with E-state index in [1.54, 1.807) is 0 Å². The van der Waals surface area contributed by atoms with E-state index in [2.05, 4.69) is 75.6 Å². The predicted octanol–water partition coefficient (Wildman–Crippen LogP) is 3.54. The lowest BCUT2D eigenvalue weighted by molar-refractivity contribution is 0.0591. The summed E-state index contributed by atoms with van der Waals surface area (Å²) < 4.78 is 12.1. The number of nitrogens with zero attached hydrogens (tertiary/aromatic N) is 2. The van der Waals surface area contributed by atoms with Gasteiger partial charge in [-0.15, -0.1) is 0 Å². The van der Waals surface area contributed by atoms with Crippen LogP contribution >= 0.6 is 0 Å². The zero-order valence-electron chi connectivity index (χ0n) is 18.5. The van der Waals surface area contributed by atoms with Gasteiger partial charge in [-0.2, -0.15) is 0 Å². The summed E-state index contributed by atoms with van der Waals surface area (Å²) in [5.74, 6) is 0. The molecule has 1 saturated heterocycles. The maximum absolute atomic E-state index is 6.21. The van der Waals surface area contributed by atoms with Crippen LogP contribution in [-0.4, -0.2) is 60.8 Å². The summed E-state index contributed by atoms with van der Waals surface area (Å²) >= 11 is 0. The molecule has 1 aromatic rings. The lowest BCUT2D eigenvalue weighted by Crippen LogP contribution is -2.53. The topological polar surface area (TPSA) is 24.9 Å². The molecule has 1 fully saturated rings. The zero-order valence-corrected chi connectivity index (χ0v) is 18.5. The van der Waals surface area contributed by atoms with Crippen LogP contribution < -0.4 is 5.46 Å². The van der Waals surface area contributed by atoms with Crippen LogP contribution in [-0.2, 0) is 15.9 Å². The van der Waals surface area contributed by atoms with Gasteiger partial charge in [-0.25, -0.2) is 0 Å². The molecule has 1 aliphatic heterocycles. The van der Waals surface area contributed by atoms with Gasteiger partial charge in [0.05, 0.1) is 0 Å². The molecule has 0 N–H and O–H groups in total. The second kappa shape index (κ2) is 9.55. The van der Waals surface area contributed by atoms with E-state index in [9.17, 15) is 0 Å². The molecule has 1 aromatic carbocycles. The number of rotatable bonds is 8. The first-order chi connectivity index (χ1) is 12.6. The Balaban J connectivity index is 1.94.